The molecule has 0 fully saturated rings. The number of hydrogen-bond acceptors (Lipinski definition) is 5. The number of carbonyl (C=O) groups excluding carboxylic acids is 1. The van der Waals surface area contributed by atoms with Crippen molar-refractivity contribution >= 4 is 5.91 Å². The molecule has 3 aromatic rings. The number of nitrogens with zero attached hydrogens (tertiary/aromatic N) is 2. The molecular weight excluding hydrogens is 406 g/mol. The Morgan fingerprint density at radius 3 is 2.56 bits per heavy atom. The molecule has 7 heteroatoms. The zero-order chi connectivity index (χ0) is 23.1. The molecule has 0 aliphatic heterocycles. The maximum Gasteiger partial charge on any atom is 0.266 e. The quantitative estimate of drug-likeness (QED) is 0.556. The summed E-state index contributed by atoms with van der Waals surface area (Å²) in [5, 5.41) is 7.24. The Morgan fingerprint density at radius 2 is 1.84 bits per heavy atom. The summed E-state index contributed by atoms with van der Waals surface area (Å²) in [4.78, 5) is 24.6. The predicted octanol–water partition coefficient (Wildman–Crippen LogP) is 3.51. The van der Waals surface area contributed by atoms with Gasteiger partial charge in [0.05, 0.1) is 18.8 Å². The minimum atomic E-state index is -0.657. The lowest BCUT2D eigenvalue weighted by molar-refractivity contribution is -0.127. The van der Waals surface area contributed by atoms with Gasteiger partial charge in [-0.2, -0.15) is 5.10 Å². The summed E-state index contributed by atoms with van der Waals surface area (Å²) in [7, 11) is 0. The van der Waals surface area contributed by atoms with Crippen LogP contribution in [0.15, 0.2) is 59.4 Å². The summed E-state index contributed by atoms with van der Waals surface area (Å²) in [6.45, 7) is 8.67. The molecule has 0 radical (unpaired) electrons. The first-order chi connectivity index (χ1) is 15.4. The Hall–Kier alpha value is -3.61. The van der Waals surface area contributed by atoms with Crippen LogP contribution in [0.4, 0.5) is 0 Å². The molecule has 1 heterocycles. The van der Waals surface area contributed by atoms with Crippen LogP contribution < -0.4 is 20.3 Å². The summed E-state index contributed by atoms with van der Waals surface area (Å²) in [6, 6.07) is 16.6. The highest BCUT2D eigenvalue weighted by Gasteiger charge is 2.15. The average Bonchev–Trinajstić information content (AvgIpc) is 2.78. The van der Waals surface area contributed by atoms with Gasteiger partial charge in [0.25, 0.3) is 11.5 Å². The number of nitrogens with one attached hydrogen (secondary N) is 1. The number of aryl methyl sites for hydroxylation is 2. The first-order valence-corrected chi connectivity index (χ1v) is 10.7. The van der Waals surface area contributed by atoms with Gasteiger partial charge in [-0.25, -0.2) is 4.68 Å². The Balaban J connectivity index is 1.59. The monoisotopic (exact) mass is 435 g/mol. The summed E-state index contributed by atoms with van der Waals surface area (Å²) in [6.07, 6.45) is -0.657. The number of benzene rings is 2. The maximum atomic E-state index is 12.4. The van der Waals surface area contributed by atoms with E-state index in [-0.39, 0.29) is 24.6 Å². The third-order valence-corrected chi connectivity index (χ3v) is 4.97. The lowest BCUT2D eigenvalue weighted by atomic mass is 10.1. The van der Waals surface area contributed by atoms with Crippen LogP contribution in [0.25, 0.3) is 11.3 Å². The molecule has 0 spiro atoms. The molecule has 1 N–H and O–H groups in total. The van der Waals surface area contributed by atoms with E-state index in [1.165, 1.54) is 10.7 Å². The second-order valence-electron chi connectivity index (χ2n) is 7.56. The maximum absolute atomic E-state index is 12.4. The van der Waals surface area contributed by atoms with Crippen molar-refractivity contribution in [2.24, 2.45) is 0 Å². The smallest absolute Gasteiger partial charge is 0.266 e. The van der Waals surface area contributed by atoms with E-state index in [0.717, 1.165) is 22.4 Å². The molecule has 32 heavy (non-hydrogen) atoms. The van der Waals surface area contributed by atoms with E-state index >= 15 is 0 Å². The average molecular weight is 436 g/mol. The van der Waals surface area contributed by atoms with Crippen molar-refractivity contribution in [3.8, 4) is 22.8 Å². The fourth-order valence-corrected chi connectivity index (χ4v) is 3.16. The molecule has 2 aromatic carbocycles. The van der Waals surface area contributed by atoms with Crippen LogP contribution in [0.2, 0.25) is 0 Å². The van der Waals surface area contributed by atoms with E-state index in [4.69, 9.17) is 9.47 Å². The van der Waals surface area contributed by atoms with E-state index in [1.807, 2.05) is 63.2 Å². The molecule has 168 valence electrons. The Bertz CT molecular complexity index is 1120. The second kappa shape index (κ2) is 10.6. The Morgan fingerprint density at radius 1 is 1.09 bits per heavy atom. The molecule has 1 unspecified atom stereocenters. The number of amides is 1. The van der Waals surface area contributed by atoms with Crippen LogP contribution in [-0.2, 0) is 11.3 Å². The normalized spacial score (nSPS) is 11.6. The zero-order valence-corrected chi connectivity index (χ0v) is 18.9. The van der Waals surface area contributed by atoms with Crippen molar-refractivity contribution < 1.29 is 14.3 Å². The molecule has 1 amide bonds. The van der Waals surface area contributed by atoms with E-state index in [9.17, 15) is 9.59 Å². The SMILES string of the molecule is CCOc1ccc(-c2ccc(=O)n(CCNC(=O)C(C)Oc3cc(C)ccc3C)n2)cc1. The molecule has 0 aliphatic carbocycles. The molecule has 0 aliphatic rings. The van der Waals surface area contributed by atoms with Gasteiger partial charge in [-0.3, -0.25) is 9.59 Å². The van der Waals surface area contributed by atoms with Crippen molar-refractivity contribution in [2.75, 3.05) is 13.2 Å². The summed E-state index contributed by atoms with van der Waals surface area (Å²) in [5.74, 6) is 1.22. The molecule has 1 aromatic heterocycles. The molecular formula is C25H29N3O4. The number of ether oxygens (including phenoxy) is 2. The second-order valence-corrected chi connectivity index (χ2v) is 7.56. The lowest BCUT2D eigenvalue weighted by Gasteiger charge is -2.17. The van der Waals surface area contributed by atoms with E-state index in [1.54, 1.807) is 13.0 Å². The minimum Gasteiger partial charge on any atom is -0.494 e. The van der Waals surface area contributed by atoms with E-state index in [2.05, 4.69) is 10.4 Å². The van der Waals surface area contributed by atoms with Gasteiger partial charge in [0.15, 0.2) is 6.10 Å². The topological polar surface area (TPSA) is 82.5 Å². The van der Waals surface area contributed by atoms with Crippen molar-refractivity contribution in [3.05, 3.63) is 76.1 Å². The number of hydrogen-bond donors (Lipinski definition) is 1. The summed E-state index contributed by atoms with van der Waals surface area (Å²) >= 11 is 0. The Labute approximate surface area is 188 Å². The van der Waals surface area contributed by atoms with Crippen molar-refractivity contribution in [3.63, 3.8) is 0 Å². The summed E-state index contributed by atoms with van der Waals surface area (Å²) in [5.41, 5.74) is 3.36. The van der Waals surface area contributed by atoms with Gasteiger partial charge < -0.3 is 14.8 Å². The highest BCUT2D eigenvalue weighted by molar-refractivity contribution is 5.80. The van der Waals surface area contributed by atoms with Gasteiger partial charge in [0.1, 0.15) is 11.5 Å². The number of carbonyl (C=O) groups is 1. The van der Waals surface area contributed by atoms with Crippen LogP contribution in [0.3, 0.4) is 0 Å². The van der Waals surface area contributed by atoms with Gasteiger partial charge in [0.2, 0.25) is 0 Å². The lowest BCUT2D eigenvalue weighted by Crippen LogP contribution is -2.39. The van der Waals surface area contributed by atoms with Gasteiger partial charge in [-0.15, -0.1) is 0 Å². The third-order valence-electron chi connectivity index (χ3n) is 4.97. The molecule has 1 atom stereocenters. The van der Waals surface area contributed by atoms with Gasteiger partial charge in [-0.1, -0.05) is 12.1 Å². The molecule has 0 bridgehead atoms. The van der Waals surface area contributed by atoms with Gasteiger partial charge in [0, 0.05) is 18.2 Å². The Kier molecular flexibility index (Phi) is 7.65. The van der Waals surface area contributed by atoms with E-state index < -0.39 is 6.10 Å². The van der Waals surface area contributed by atoms with Gasteiger partial charge >= 0.3 is 0 Å². The van der Waals surface area contributed by atoms with Gasteiger partial charge in [-0.05, 0) is 75.2 Å². The van der Waals surface area contributed by atoms with Crippen LogP contribution in [0, 0.1) is 13.8 Å². The van der Waals surface area contributed by atoms with Crippen LogP contribution >= 0.6 is 0 Å². The standard InChI is InChI=1S/C25H29N3O4/c1-5-31-21-10-8-20(9-11-21)22-12-13-24(29)28(27-22)15-14-26-25(30)19(4)32-23-16-17(2)6-7-18(23)3/h6-13,16,19H,5,14-15H2,1-4H3,(H,26,30). The molecule has 0 saturated carbocycles. The molecule has 7 nitrogen and oxygen atoms in total. The highest BCUT2D eigenvalue weighted by Crippen LogP contribution is 2.21. The zero-order valence-electron chi connectivity index (χ0n) is 18.9. The van der Waals surface area contributed by atoms with Crippen LogP contribution in [0.1, 0.15) is 25.0 Å². The van der Waals surface area contributed by atoms with Crippen molar-refractivity contribution in [2.45, 2.75) is 40.3 Å². The fourth-order valence-electron chi connectivity index (χ4n) is 3.16. The minimum absolute atomic E-state index is 0.228. The predicted molar refractivity (Wildman–Crippen MR) is 124 cm³/mol. The first kappa shape index (κ1) is 23.1. The van der Waals surface area contributed by atoms with Crippen LogP contribution in [0.5, 0.6) is 11.5 Å². The van der Waals surface area contributed by atoms with Crippen molar-refractivity contribution in [1.29, 1.82) is 0 Å². The number of aromatic nitrogens is 2. The third kappa shape index (κ3) is 5.97. The largest absolute Gasteiger partial charge is 0.494 e. The fraction of sp³-hybridized carbons (Fsp3) is 0.320. The van der Waals surface area contributed by atoms with Crippen molar-refractivity contribution in [1.82, 2.24) is 15.1 Å². The van der Waals surface area contributed by atoms with Crippen LogP contribution in [-0.4, -0.2) is 34.9 Å². The molecule has 3 rings (SSSR count). The van der Waals surface area contributed by atoms with E-state index in [0.29, 0.717) is 18.1 Å². The summed E-state index contributed by atoms with van der Waals surface area (Å²) < 4.78 is 12.6. The highest BCUT2D eigenvalue weighted by atomic mass is 16.5. The molecule has 0 saturated heterocycles. The number of rotatable bonds is 9. The first-order valence-electron chi connectivity index (χ1n) is 10.7.